The minimum atomic E-state index is -0.116. The van der Waals surface area contributed by atoms with Gasteiger partial charge in [-0.25, -0.2) is 4.39 Å². The lowest BCUT2D eigenvalue weighted by atomic mass is 10.1. The number of anilines is 1. The fourth-order valence-electron chi connectivity index (χ4n) is 3.18. The molecule has 0 spiro atoms. The molecule has 1 aromatic rings. The van der Waals surface area contributed by atoms with Crippen LogP contribution in [-0.2, 0) is 10.1 Å². The molecule has 2 saturated heterocycles. The molecule has 1 atom stereocenters. The molecule has 1 unspecified atom stereocenters. The number of rotatable bonds is 3. The Morgan fingerprint density at radius 2 is 2.05 bits per heavy atom. The summed E-state index contributed by atoms with van der Waals surface area (Å²) in [6.45, 7) is 5.71. The van der Waals surface area contributed by atoms with Crippen molar-refractivity contribution in [2.24, 2.45) is 0 Å². The largest absolute Gasteiger partial charge is 0.379 e. The number of halogens is 2. The van der Waals surface area contributed by atoms with Crippen LogP contribution in [-0.4, -0.2) is 50.3 Å². The Bertz CT molecular complexity index is 465. The Morgan fingerprint density at radius 1 is 1.25 bits per heavy atom. The van der Waals surface area contributed by atoms with Gasteiger partial charge in [-0.1, -0.05) is 22.0 Å². The van der Waals surface area contributed by atoms with Crippen LogP contribution < -0.4 is 4.90 Å². The van der Waals surface area contributed by atoms with E-state index in [1.54, 1.807) is 6.07 Å². The zero-order chi connectivity index (χ0) is 13.9. The lowest BCUT2D eigenvalue weighted by Gasteiger charge is -2.32. The average Bonchev–Trinajstić information content (AvgIpc) is 2.97. The van der Waals surface area contributed by atoms with Crippen LogP contribution in [0.1, 0.15) is 12.0 Å². The van der Waals surface area contributed by atoms with E-state index in [1.165, 1.54) is 6.07 Å². The van der Waals surface area contributed by atoms with Crippen molar-refractivity contribution in [3.8, 4) is 0 Å². The molecular weight excluding hydrogens is 323 g/mol. The normalized spacial score (nSPS) is 24.3. The maximum absolute atomic E-state index is 13.9. The second kappa shape index (κ2) is 6.41. The van der Waals surface area contributed by atoms with Crippen molar-refractivity contribution in [2.75, 3.05) is 44.3 Å². The third kappa shape index (κ3) is 2.85. The predicted octanol–water partition coefficient (Wildman–Crippen LogP) is 2.63. The van der Waals surface area contributed by atoms with Gasteiger partial charge in [-0.05, 0) is 18.6 Å². The first-order chi connectivity index (χ1) is 9.79. The van der Waals surface area contributed by atoms with Crippen LogP contribution in [0.15, 0.2) is 18.2 Å². The van der Waals surface area contributed by atoms with Gasteiger partial charge in [0.1, 0.15) is 5.82 Å². The average molecular weight is 343 g/mol. The number of ether oxygens (including phenoxy) is 1. The number of hydrogen-bond donors (Lipinski definition) is 0. The van der Waals surface area contributed by atoms with Crippen LogP contribution in [0.3, 0.4) is 0 Å². The third-order valence-electron chi connectivity index (χ3n) is 4.29. The van der Waals surface area contributed by atoms with E-state index >= 15 is 0 Å². The Kier molecular flexibility index (Phi) is 4.58. The lowest BCUT2D eigenvalue weighted by molar-refractivity contribution is 0.0209. The Balaban J connectivity index is 1.72. The molecule has 110 valence electrons. The highest BCUT2D eigenvalue weighted by molar-refractivity contribution is 9.08. The molecule has 0 aromatic heterocycles. The van der Waals surface area contributed by atoms with Gasteiger partial charge in [0.15, 0.2) is 0 Å². The van der Waals surface area contributed by atoms with Crippen molar-refractivity contribution >= 4 is 21.6 Å². The van der Waals surface area contributed by atoms with Gasteiger partial charge in [-0.15, -0.1) is 0 Å². The molecule has 0 saturated carbocycles. The van der Waals surface area contributed by atoms with Crippen molar-refractivity contribution < 1.29 is 9.13 Å². The van der Waals surface area contributed by atoms with E-state index < -0.39 is 0 Å². The zero-order valence-corrected chi connectivity index (χ0v) is 13.1. The van der Waals surface area contributed by atoms with Gasteiger partial charge in [0, 0.05) is 48.8 Å². The van der Waals surface area contributed by atoms with Gasteiger partial charge in [-0.2, -0.15) is 0 Å². The van der Waals surface area contributed by atoms with Gasteiger partial charge < -0.3 is 9.64 Å². The summed E-state index contributed by atoms with van der Waals surface area (Å²) in [5.74, 6) is -0.116. The predicted molar refractivity (Wildman–Crippen MR) is 82.0 cm³/mol. The molecule has 2 aliphatic heterocycles. The molecule has 3 rings (SSSR count). The first-order valence-electron chi connectivity index (χ1n) is 7.19. The Morgan fingerprint density at radius 3 is 2.80 bits per heavy atom. The summed E-state index contributed by atoms with van der Waals surface area (Å²) in [6, 6.07) is 5.95. The van der Waals surface area contributed by atoms with E-state index in [0.29, 0.717) is 11.4 Å². The molecule has 0 bridgehead atoms. The molecule has 0 aliphatic carbocycles. The number of morpholine rings is 1. The molecule has 2 heterocycles. The summed E-state index contributed by atoms with van der Waals surface area (Å²) in [4.78, 5) is 4.83. The summed E-state index contributed by atoms with van der Waals surface area (Å²) in [5, 5.41) is 0.563. The van der Waals surface area contributed by atoms with Crippen LogP contribution in [0.5, 0.6) is 0 Å². The highest BCUT2D eigenvalue weighted by Crippen LogP contribution is 2.29. The monoisotopic (exact) mass is 342 g/mol. The van der Waals surface area contributed by atoms with Crippen LogP contribution in [0.25, 0.3) is 0 Å². The smallest absolute Gasteiger partial charge is 0.129 e. The molecule has 0 N–H and O–H groups in total. The highest BCUT2D eigenvalue weighted by Gasteiger charge is 2.29. The van der Waals surface area contributed by atoms with Gasteiger partial charge in [0.25, 0.3) is 0 Å². The summed E-state index contributed by atoms with van der Waals surface area (Å²) >= 11 is 3.40. The van der Waals surface area contributed by atoms with Gasteiger partial charge in [0.05, 0.1) is 13.2 Å². The molecule has 20 heavy (non-hydrogen) atoms. The minimum absolute atomic E-state index is 0.116. The lowest BCUT2D eigenvalue weighted by Crippen LogP contribution is -2.44. The molecule has 1 aromatic carbocycles. The molecule has 2 fully saturated rings. The van der Waals surface area contributed by atoms with Crippen LogP contribution in [0.4, 0.5) is 10.1 Å². The van der Waals surface area contributed by atoms with Crippen LogP contribution in [0.2, 0.25) is 0 Å². The Labute approximate surface area is 127 Å². The molecular formula is C15H20BrFN2O. The number of nitrogens with zero attached hydrogens (tertiary/aromatic N) is 2. The van der Waals surface area contributed by atoms with Crippen molar-refractivity contribution in [1.29, 1.82) is 0 Å². The zero-order valence-electron chi connectivity index (χ0n) is 11.5. The highest BCUT2D eigenvalue weighted by atomic mass is 79.9. The summed E-state index contributed by atoms with van der Waals surface area (Å²) < 4.78 is 19.3. The van der Waals surface area contributed by atoms with E-state index in [0.717, 1.165) is 57.1 Å². The van der Waals surface area contributed by atoms with Crippen molar-refractivity contribution in [1.82, 2.24) is 4.90 Å². The minimum Gasteiger partial charge on any atom is -0.379 e. The number of hydrogen-bond acceptors (Lipinski definition) is 3. The molecule has 5 heteroatoms. The van der Waals surface area contributed by atoms with E-state index in [-0.39, 0.29) is 5.82 Å². The summed E-state index contributed by atoms with van der Waals surface area (Å²) in [6.07, 6.45) is 1.15. The maximum atomic E-state index is 13.9. The quantitative estimate of drug-likeness (QED) is 0.785. The number of benzene rings is 1. The SMILES string of the molecule is Fc1cccc(N2CCC(N3CCOCC3)C2)c1CBr. The second-order valence-corrected chi connectivity index (χ2v) is 5.97. The third-order valence-corrected chi connectivity index (χ3v) is 4.85. The summed E-state index contributed by atoms with van der Waals surface area (Å²) in [5.41, 5.74) is 1.81. The van der Waals surface area contributed by atoms with Crippen molar-refractivity contribution in [3.05, 3.63) is 29.6 Å². The van der Waals surface area contributed by atoms with E-state index in [9.17, 15) is 4.39 Å². The van der Waals surface area contributed by atoms with Gasteiger partial charge >= 0.3 is 0 Å². The van der Waals surface area contributed by atoms with Gasteiger partial charge in [-0.3, -0.25) is 4.90 Å². The maximum Gasteiger partial charge on any atom is 0.129 e. The van der Waals surface area contributed by atoms with Crippen molar-refractivity contribution in [3.63, 3.8) is 0 Å². The van der Waals surface area contributed by atoms with Crippen molar-refractivity contribution in [2.45, 2.75) is 17.8 Å². The van der Waals surface area contributed by atoms with E-state index in [2.05, 4.69) is 25.7 Å². The van der Waals surface area contributed by atoms with E-state index in [1.807, 2.05) is 6.07 Å². The number of alkyl halides is 1. The molecule has 2 aliphatic rings. The second-order valence-electron chi connectivity index (χ2n) is 5.41. The van der Waals surface area contributed by atoms with Crippen LogP contribution >= 0.6 is 15.9 Å². The standard InChI is InChI=1S/C15H20BrFN2O/c16-10-13-14(17)2-1-3-15(13)19-5-4-12(11-19)18-6-8-20-9-7-18/h1-3,12H,4-11H2. The summed E-state index contributed by atoms with van der Waals surface area (Å²) in [7, 11) is 0. The molecule has 0 radical (unpaired) electrons. The fraction of sp³-hybridized carbons (Fsp3) is 0.600. The van der Waals surface area contributed by atoms with E-state index in [4.69, 9.17) is 4.74 Å². The molecule has 0 amide bonds. The van der Waals surface area contributed by atoms with Crippen LogP contribution in [0, 0.1) is 5.82 Å². The Hall–Kier alpha value is -0.650. The fourth-order valence-corrected chi connectivity index (χ4v) is 3.73. The van der Waals surface area contributed by atoms with Gasteiger partial charge in [0.2, 0.25) is 0 Å². The first kappa shape index (κ1) is 14.3. The first-order valence-corrected chi connectivity index (χ1v) is 8.32. The topological polar surface area (TPSA) is 15.7 Å². The molecule has 3 nitrogen and oxygen atoms in total.